The van der Waals surface area contributed by atoms with Crippen molar-refractivity contribution in [3.8, 4) is 11.3 Å². The third kappa shape index (κ3) is 3.65. The molecule has 1 heterocycles. The Labute approximate surface area is 126 Å². The summed E-state index contributed by atoms with van der Waals surface area (Å²) in [6.07, 6.45) is -8.90. The van der Waals surface area contributed by atoms with Gasteiger partial charge < -0.3 is 10.0 Å². The molecule has 0 aliphatic carbocycles. The maximum Gasteiger partial charge on any atom is 0.489 e. The van der Waals surface area contributed by atoms with Gasteiger partial charge in [-0.1, -0.05) is 12.1 Å². The minimum atomic E-state index is -5.03. The molecule has 0 aliphatic rings. The number of nitrogens with zero attached hydrogens (tertiary/aromatic N) is 1. The minimum Gasteiger partial charge on any atom is -0.423 e. The molecule has 0 amide bonds. The first-order valence-electron chi connectivity index (χ1n) is 6.11. The van der Waals surface area contributed by atoms with E-state index in [2.05, 4.69) is 4.98 Å². The largest absolute Gasteiger partial charge is 0.489 e. The highest BCUT2D eigenvalue weighted by atomic mass is 19.4. The Morgan fingerprint density at radius 3 is 2.09 bits per heavy atom. The van der Waals surface area contributed by atoms with Crippen molar-refractivity contribution in [2.24, 2.45) is 0 Å². The van der Waals surface area contributed by atoms with Crippen LogP contribution in [0.5, 0.6) is 0 Å². The average molecular weight is 335 g/mol. The monoisotopic (exact) mass is 335 g/mol. The van der Waals surface area contributed by atoms with Crippen LogP contribution in [0.2, 0.25) is 0 Å². The molecule has 10 heteroatoms. The van der Waals surface area contributed by atoms with Crippen molar-refractivity contribution in [3.05, 3.63) is 47.7 Å². The van der Waals surface area contributed by atoms with Gasteiger partial charge in [0.05, 0.1) is 16.8 Å². The summed E-state index contributed by atoms with van der Waals surface area (Å²) in [6, 6.07) is 3.94. The van der Waals surface area contributed by atoms with Crippen LogP contribution in [0.15, 0.2) is 36.5 Å². The normalized spacial score (nSPS) is 12.3. The van der Waals surface area contributed by atoms with E-state index < -0.39 is 47.3 Å². The highest BCUT2D eigenvalue weighted by molar-refractivity contribution is 6.59. The van der Waals surface area contributed by atoms with Gasteiger partial charge >= 0.3 is 19.5 Å². The summed E-state index contributed by atoms with van der Waals surface area (Å²) in [4.78, 5) is 3.47. The Hall–Kier alpha value is -2.07. The molecule has 0 atom stereocenters. The second-order valence-corrected chi connectivity index (χ2v) is 4.57. The predicted molar refractivity (Wildman–Crippen MR) is 69.5 cm³/mol. The van der Waals surface area contributed by atoms with Crippen LogP contribution >= 0.6 is 0 Å². The fraction of sp³-hybridized carbons (Fsp3) is 0.154. The number of benzene rings is 1. The van der Waals surface area contributed by atoms with Crippen LogP contribution in [-0.2, 0) is 12.4 Å². The van der Waals surface area contributed by atoms with Crippen LogP contribution in [0.3, 0.4) is 0 Å². The molecule has 1 aromatic heterocycles. The van der Waals surface area contributed by atoms with Crippen molar-refractivity contribution in [1.82, 2.24) is 4.98 Å². The summed E-state index contributed by atoms with van der Waals surface area (Å²) in [5.74, 6) is 0. The number of alkyl halides is 6. The van der Waals surface area contributed by atoms with E-state index in [4.69, 9.17) is 10.0 Å². The van der Waals surface area contributed by atoms with Crippen LogP contribution in [0.1, 0.15) is 11.1 Å². The second kappa shape index (κ2) is 5.86. The molecule has 2 aromatic rings. The molecule has 1 aromatic carbocycles. The lowest BCUT2D eigenvalue weighted by Crippen LogP contribution is -2.37. The molecule has 0 saturated carbocycles. The molecule has 3 nitrogen and oxygen atoms in total. The van der Waals surface area contributed by atoms with E-state index in [0.717, 1.165) is 24.4 Å². The smallest absolute Gasteiger partial charge is 0.423 e. The van der Waals surface area contributed by atoms with Gasteiger partial charge in [0.15, 0.2) is 0 Å². The summed E-state index contributed by atoms with van der Waals surface area (Å²) >= 11 is 0. The highest BCUT2D eigenvalue weighted by Crippen LogP contribution is 2.37. The predicted octanol–water partition coefficient (Wildman–Crippen LogP) is 2.47. The van der Waals surface area contributed by atoms with Gasteiger partial charge in [0.2, 0.25) is 0 Å². The van der Waals surface area contributed by atoms with E-state index in [0.29, 0.717) is 12.1 Å². The van der Waals surface area contributed by atoms with Crippen LogP contribution in [0.25, 0.3) is 11.3 Å². The molecular formula is C13H8BF6NO2. The van der Waals surface area contributed by atoms with E-state index in [1.54, 1.807) is 0 Å². The van der Waals surface area contributed by atoms with Gasteiger partial charge in [0, 0.05) is 11.8 Å². The van der Waals surface area contributed by atoms with Crippen molar-refractivity contribution in [1.29, 1.82) is 0 Å². The highest BCUT2D eigenvalue weighted by Gasteiger charge is 2.40. The molecule has 2 N–H and O–H groups in total. The number of hydrogen-bond donors (Lipinski definition) is 2. The van der Waals surface area contributed by atoms with Crippen molar-refractivity contribution in [2.75, 3.05) is 0 Å². The number of pyridine rings is 1. The summed E-state index contributed by atoms with van der Waals surface area (Å²) in [5.41, 5.74) is -4.77. The fourth-order valence-corrected chi connectivity index (χ4v) is 2.05. The molecule has 0 aliphatic heterocycles. The number of hydrogen-bond acceptors (Lipinski definition) is 3. The topological polar surface area (TPSA) is 53.4 Å². The zero-order chi connectivity index (χ0) is 17.4. The second-order valence-electron chi connectivity index (χ2n) is 4.57. The molecule has 0 fully saturated rings. The van der Waals surface area contributed by atoms with E-state index >= 15 is 0 Å². The molecule has 0 spiro atoms. The van der Waals surface area contributed by atoms with E-state index in [9.17, 15) is 26.3 Å². The third-order valence-electron chi connectivity index (χ3n) is 3.01. The summed E-state index contributed by atoms with van der Waals surface area (Å²) < 4.78 is 77.7. The van der Waals surface area contributed by atoms with Crippen LogP contribution in [0, 0.1) is 0 Å². The molecule has 23 heavy (non-hydrogen) atoms. The van der Waals surface area contributed by atoms with Crippen molar-refractivity contribution in [3.63, 3.8) is 0 Å². The summed E-state index contributed by atoms with van der Waals surface area (Å²) in [5, 5.41) is 18.1. The molecule has 0 bridgehead atoms. The van der Waals surface area contributed by atoms with E-state index in [-0.39, 0.29) is 0 Å². The first-order chi connectivity index (χ1) is 10.5. The number of rotatable bonds is 2. The average Bonchev–Trinajstić information content (AvgIpc) is 2.44. The van der Waals surface area contributed by atoms with Crippen molar-refractivity contribution in [2.45, 2.75) is 12.4 Å². The molecular weight excluding hydrogens is 327 g/mol. The first kappa shape index (κ1) is 17.3. The van der Waals surface area contributed by atoms with Crippen molar-refractivity contribution >= 4 is 12.6 Å². The lowest BCUT2D eigenvalue weighted by atomic mass is 9.76. The lowest BCUT2D eigenvalue weighted by molar-refractivity contribution is -0.137. The Morgan fingerprint density at radius 2 is 1.57 bits per heavy atom. The zero-order valence-electron chi connectivity index (χ0n) is 11.2. The lowest BCUT2D eigenvalue weighted by Gasteiger charge is -2.17. The molecule has 122 valence electrons. The Kier molecular flexibility index (Phi) is 4.40. The van der Waals surface area contributed by atoms with Crippen molar-refractivity contribution < 1.29 is 36.4 Å². The SMILES string of the molecule is OB(O)c1ccnc(-c2cccc(C(F)(F)F)c2)c1C(F)(F)F. The standard InChI is InChI=1S/C13H8BF6NO2/c15-12(16,17)8-3-1-2-7(6-8)11-10(13(18,19)20)9(14(22)23)4-5-21-11/h1-6,22-23H. The quantitative estimate of drug-likeness (QED) is 0.655. The van der Waals surface area contributed by atoms with Gasteiger partial charge in [-0.3, -0.25) is 4.98 Å². The van der Waals surface area contributed by atoms with Gasteiger partial charge in [-0.05, 0) is 23.7 Å². The summed E-state index contributed by atoms with van der Waals surface area (Å²) in [7, 11) is -2.45. The van der Waals surface area contributed by atoms with Gasteiger partial charge in [-0.25, -0.2) is 0 Å². The maximum absolute atomic E-state index is 13.2. The van der Waals surface area contributed by atoms with Crippen LogP contribution in [0.4, 0.5) is 26.3 Å². The molecule has 0 unspecified atom stereocenters. The Morgan fingerprint density at radius 1 is 0.913 bits per heavy atom. The van der Waals surface area contributed by atoms with E-state index in [1.165, 1.54) is 0 Å². The Balaban J connectivity index is 2.72. The molecule has 0 saturated heterocycles. The van der Waals surface area contributed by atoms with Gasteiger partial charge in [0.1, 0.15) is 0 Å². The zero-order valence-corrected chi connectivity index (χ0v) is 11.2. The molecule has 0 radical (unpaired) electrons. The fourth-order valence-electron chi connectivity index (χ4n) is 2.05. The van der Waals surface area contributed by atoms with Crippen LogP contribution < -0.4 is 5.46 Å². The minimum absolute atomic E-state index is 0.436. The van der Waals surface area contributed by atoms with Gasteiger partial charge in [-0.2, -0.15) is 26.3 Å². The van der Waals surface area contributed by atoms with Gasteiger partial charge in [-0.15, -0.1) is 0 Å². The first-order valence-corrected chi connectivity index (χ1v) is 6.11. The number of halogens is 6. The molecule has 2 rings (SSSR count). The summed E-state index contributed by atoms with van der Waals surface area (Å²) in [6.45, 7) is 0. The van der Waals surface area contributed by atoms with E-state index in [1.807, 2.05) is 0 Å². The van der Waals surface area contributed by atoms with Crippen LogP contribution in [-0.4, -0.2) is 22.2 Å². The van der Waals surface area contributed by atoms with Gasteiger partial charge in [0.25, 0.3) is 0 Å². The number of aromatic nitrogens is 1. The Bertz CT molecular complexity index is 714. The third-order valence-corrected chi connectivity index (χ3v) is 3.01. The maximum atomic E-state index is 13.2.